The number of nitrogens with zero attached hydrogens (tertiary/aromatic N) is 2. The predicted octanol–water partition coefficient (Wildman–Crippen LogP) is 2.56. The monoisotopic (exact) mass is 354 g/mol. The number of rotatable bonds is 6. The van der Waals surface area contributed by atoms with Crippen LogP contribution in [-0.4, -0.2) is 53.3 Å². The van der Waals surface area contributed by atoms with Crippen LogP contribution in [-0.2, 0) is 4.79 Å². The van der Waals surface area contributed by atoms with Gasteiger partial charge in [0.1, 0.15) is 6.54 Å². The topological polar surface area (TPSA) is 57.7 Å². The Morgan fingerprint density at radius 3 is 2.48 bits per heavy atom. The fourth-order valence-electron chi connectivity index (χ4n) is 2.60. The second-order valence-corrected chi connectivity index (χ2v) is 5.74. The molecular formula is C17H17F3N2O3. The molecule has 8 heteroatoms. The number of fused-ring (bicyclic) bond motifs is 1. The lowest BCUT2D eigenvalue weighted by molar-refractivity contribution is -0.160. The zero-order valence-corrected chi connectivity index (χ0v) is 13.6. The van der Waals surface area contributed by atoms with Gasteiger partial charge >= 0.3 is 6.18 Å². The van der Waals surface area contributed by atoms with Crippen molar-refractivity contribution in [2.75, 3.05) is 19.6 Å². The highest BCUT2D eigenvalue weighted by atomic mass is 19.4. The van der Waals surface area contributed by atoms with Crippen molar-refractivity contribution >= 4 is 17.7 Å². The molecule has 25 heavy (non-hydrogen) atoms. The molecule has 0 unspecified atom stereocenters. The molecule has 3 amide bonds. The lowest BCUT2D eigenvalue weighted by atomic mass is 10.1. The zero-order valence-electron chi connectivity index (χ0n) is 13.6. The van der Waals surface area contributed by atoms with E-state index in [1.54, 1.807) is 19.1 Å². The van der Waals surface area contributed by atoms with Crippen LogP contribution in [0.1, 0.15) is 32.7 Å². The van der Waals surface area contributed by atoms with Crippen LogP contribution in [0.5, 0.6) is 0 Å². The summed E-state index contributed by atoms with van der Waals surface area (Å²) in [6.07, 6.45) is -3.73. The van der Waals surface area contributed by atoms with Crippen LogP contribution in [0.25, 0.3) is 0 Å². The molecule has 0 N–H and O–H groups in total. The molecular weight excluding hydrogens is 337 g/mol. The Balaban J connectivity index is 2.05. The highest BCUT2D eigenvalue weighted by molar-refractivity contribution is 6.21. The first-order chi connectivity index (χ1) is 11.6. The fourth-order valence-corrected chi connectivity index (χ4v) is 2.60. The largest absolute Gasteiger partial charge is 0.406 e. The minimum atomic E-state index is -4.54. The Morgan fingerprint density at radius 2 is 1.88 bits per heavy atom. The molecule has 0 bridgehead atoms. The third-order valence-corrected chi connectivity index (χ3v) is 3.75. The van der Waals surface area contributed by atoms with Crippen LogP contribution < -0.4 is 0 Å². The Bertz CT molecular complexity index is 728. The van der Waals surface area contributed by atoms with Crippen molar-refractivity contribution in [1.82, 2.24) is 9.80 Å². The van der Waals surface area contributed by atoms with Crippen molar-refractivity contribution in [2.24, 2.45) is 0 Å². The van der Waals surface area contributed by atoms with Crippen LogP contribution in [0.4, 0.5) is 13.2 Å². The quantitative estimate of drug-likeness (QED) is 0.583. The standard InChI is InChI=1S/C17H17F3N2O3/c1-3-7-21(10-17(18,19)20)14(23)6-8-22-15(24)12-5-4-11(2)9-13(12)16(22)25/h3-5,9H,1,6-8,10H2,2H3. The van der Waals surface area contributed by atoms with E-state index in [9.17, 15) is 27.6 Å². The third-order valence-electron chi connectivity index (χ3n) is 3.75. The summed E-state index contributed by atoms with van der Waals surface area (Å²) in [4.78, 5) is 38.0. The molecule has 0 aromatic heterocycles. The van der Waals surface area contributed by atoms with E-state index in [1.165, 1.54) is 12.1 Å². The number of halogens is 3. The summed E-state index contributed by atoms with van der Waals surface area (Å²) in [5, 5.41) is 0. The van der Waals surface area contributed by atoms with Gasteiger partial charge in [0.05, 0.1) is 11.1 Å². The minimum absolute atomic E-state index is 0.237. The van der Waals surface area contributed by atoms with Gasteiger partial charge in [0, 0.05) is 19.5 Å². The average Bonchev–Trinajstić information content (AvgIpc) is 2.74. The first kappa shape index (κ1) is 18.7. The maximum Gasteiger partial charge on any atom is 0.406 e. The van der Waals surface area contributed by atoms with Gasteiger partial charge in [-0.2, -0.15) is 13.2 Å². The first-order valence-corrected chi connectivity index (χ1v) is 7.56. The van der Waals surface area contributed by atoms with E-state index in [0.717, 1.165) is 10.5 Å². The summed E-state index contributed by atoms with van der Waals surface area (Å²) < 4.78 is 37.6. The van der Waals surface area contributed by atoms with Crippen molar-refractivity contribution in [1.29, 1.82) is 0 Å². The highest BCUT2D eigenvalue weighted by Gasteiger charge is 2.36. The smallest absolute Gasteiger partial charge is 0.330 e. The van der Waals surface area contributed by atoms with E-state index in [2.05, 4.69) is 6.58 Å². The van der Waals surface area contributed by atoms with E-state index >= 15 is 0 Å². The number of carbonyl (C=O) groups excluding carboxylic acids is 3. The number of benzene rings is 1. The molecule has 2 rings (SSSR count). The van der Waals surface area contributed by atoms with Crippen molar-refractivity contribution < 1.29 is 27.6 Å². The lowest BCUT2D eigenvalue weighted by Gasteiger charge is -2.23. The van der Waals surface area contributed by atoms with E-state index in [0.29, 0.717) is 4.90 Å². The molecule has 1 heterocycles. The fraction of sp³-hybridized carbons (Fsp3) is 0.353. The molecule has 1 aromatic carbocycles. The van der Waals surface area contributed by atoms with Gasteiger partial charge in [-0.3, -0.25) is 19.3 Å². The van der Waals surface area contributed by atoms with E-state index in [-0.39, 0.29) is 30.6 Å². The molecule has 1 aliphatic heterocycles. The maximum atomic E-state index is 12.5. The number of imide groups is 1. The number of hydrogen-bond acceptors (Lipinski definition) is 3. The van der Waals surface area contributed by atoms with Gasteiger partial charge in [0.2, 0.25) is 5.91 Å². The Kier molecular flexibility index (Phi) is 5.30. The number of alkyl halides is 3. The molecule has 0 radical (unpaired) electrons. The van der Waals surface area contributed by atoms with Crippen LogP contribution in [0.15, 0.2) is 30.9 Å². The number of aryl methyl sites for hydroxylation is 1. The van der Waals surface area contributed by atoms with Crippen LogP contribution in [0.3, 0.4) is 0 Å². The van der Waals surface area contributed by atoms with Crippen molar-refractivity contribution in [3.63, 3.8) is 0 Å². The van der Waals surface area contributed by atoms with E-state index in [1.807, 2.05) is 0 Å². The number of carbonyl (C=O) groups is 3. The van der Waals surface area contributed by atoms with Crippen molar-refractivity contribution in [2.45, 2.75) is 19.5 Å². The lowest BCUT2D eigenvalue weighted by Crippen LogP contribution is -2.41. The summed E-state index contributed by atoms with van der Waals surface area (Å²) in [6, 6.07) is 4.79. The van der Waals surface area contributed by atoms with Gasteiger partial charge in [-0.25, -0.2) is 0 Å². The van der Waals surface area contributed by atoms with Crippen LogP contribution in [0, 0.1) is 6.92 Å². The molecule has 0 saturated heterocycles. The number of hydrogen-bond donors (Lipinski definition) is 0. The van der Waals surface area contributed by atoms with Gasteiger partial charge in [0.25, 0.3) is 11.8 Å². The second-order valence-electron chi connectivity index (χ2n) is 5.74. The summed E-state index contributed by atoms with van der Waals surface area (Å²) in [5.74, 6) is -1.88. The van der Waals surface area contributed by atoms with Gasteiger partial charge in [0.15, 0.2) is 0 Å². The van der Waals surface area contributed by atoms with Gasteiger partial charge in [-0.15, -0.1) is 6.58 Å². The second kappa shape index (κ2) is 7.08. The third kappa shape index (κ3) is 4.26. The highest BCUT2D eigenvalue weighted by Crippen LogP contribution is 2.24. The molecule has 1 aromatic rings. The maximum absolute atomic E-state index is 12.5. The van der Waals surface area contributed by atoms with Gasteiger partial charge in [-0.1, -0.05) is 17.7 Å². The molecule has 1 aliphatic rings. The normalized spacial score (nSPS) is 13.8. The van der Waals surface area contributed by atoms with Crippen molar-refractivity contribution in [3.8, 4) is 0 Å². The van der Waals surface area contributed by atoms with Gasteiger partial charge < -0.3 is 4.90 Å². The summed E-state index contributed by atoms with van der Waals surface area (Å²) in [6.45, 7) is 3.17. The molecule has 0 spiro atoms. The summed E-state index contributed by atoms with van der Waals surface area (Å²) in [7, 11) is 0. The van der Waals surface area contributed by atoms with Crippen LogP contribution in [0.2, 0.25) is 0 Å². The Morgan fingerprint density at radius 1 is 1.24 bits per heavy atom. The number of amides is 3. The average molecular weight is 354 g/mol. The first-order valence-electron chi connectivity index (χ1n) is 7.56. The Hall–Kier alpha value is -2.64. The zero-order chi connectivity index (χ0) is 18.8. The molecule has 134 valence electrons. The minimum Gasteiger partial charge on any atom is -0.330 e. The molecule has 5 nitrogen and oxygen atoms in total. The van der Waals surface area contributed by atoms with E-state index in [4.69, 9.17) is 0 Å². The molecule has 0 atom stereocenters. The SMILES string of the molecule is C=CCN(CC(F)(F)F)C(=O)CCN1C(=O)c2ccc(C)cc2C1=O. The van der Waals surface area contributed by atoms with Crippen molar-refractivity contribution in [3.05, 3.63) is 47.5 Å². The molecule has 0 saturated carbocycles. The summed E-state index contributed by atoms with van der Waals surface area (Å²) >= 11 is 0. The van der Waals surface area contributed by atoms with Crippen LogP contribution >= 0.6 is 0 Å². The molecule has 0 aliphatic carbocycles. The molecule has 0 fully saturated rings. The van der Waals surface area contributed by atoms with Gasteiger partial charge in [-0.05, 0) is 19.1 Å². The Labute approximate surface area is 142 Å². The summed E-state index contributed by atoms with van der Waals surface area (Å²) in [5.41, 5.74) is 1.29. The predicted molar refractivity (Wildman–Crippen MR) is 84.0 cm³/mol. The van der Waals surface area contributed by atoms with E-state index < -0.39 is 30.4 Å².